The van der Waals surface area contributed by atoms with E-state index in [9.17, 15) is 9.59 Å². The van der Waals surface area contributed by atoms with E-state index in [1.807, 2.05) is 12.3 Å². The van der Waals surface area contributed by atoms with Crippen LogP contribution in [0, 0.1) is 0 Å². The summed E-state index contributed by atoms with van der Waals surface area (Å²) in [5, 5.41) is 10.4. The van der Waals surface area contributed by atoms with Gasteiger partial charge in [-0.2, -0.15) is 10.2 Å². The molecule has 1 aliphatic rings. The van der Waals surface area contributed by atoms with Gasteiger partial charge < -0.3 is 5.32 Å². The van der Waals surface area contributed by atoms with Crippen LogP contribution < -0.4 is 10.7 Å². The molecule has 0 atom stereocenters. The van der Waals surface area contributed by atoms with Crippen LogP contribution in [0.5, 0.6) is 0 Å². The fourth-order valence-electron chi connectivity index (χ4n) is 1.47. The summed E-state index contributed by atoms with van der Waals surface area (Å²) < 4.78 is 1.80. The van der Waals surface area contributed by atoms with Crippen molar-refractivity contribution < 1.29 is 9.59 Å². The Kier molecular flexibility index (Phi) is 3.49. The van der Waals surface area contributed by atoms with Gasteiger partial charge >= 0.3 is 0 Å². The van der Waals surface area contributed by atoms with Gasteiger partial charge in [0.25, 0.3) is 5.91 Å². The molecule has 2 rings (SSSR count). The van der Waals surface area contributed by atoms with Gasteiger partial charge in [-0.25, -0.2) is 5.43 Å². The van der Waals surface area contributed by atoms with Crippen molar-refractivity contribution in [2.45, 2.75) is 19.4 Å². The molecule has 17 heavy (non-hydrogen) atoms. The lowest BCUT2D eigenvalue weighted by Crippen LogP contribution is -2.31. The predicted octanol–water partition coefficient (Wildman–Crippen LogP) is -0.735. The van der Waals surface area contributed by atoms with Gasteiger partial charge in [-0.1, -0.05) is 0 Å². The summed E-state index contributed by atoms with van der Waals surface area (Å²) >= 11 is 0. The van der Waals surface area contributed by atoms with Gasteiger partial charge in [-0.15, -0.1) is 0 Å². The number of rotatable bonds is 5. The monoisotopic (exact) mass is 235 g/mol. The second-order valence-corrected chi connectivity index (χ2v) is 3.65. The Balaban J connectivity index is 1.65. The quantitative estimate of drug-likeness (QED) is 0.659. The second-order valence-electron chi connectivity index (χ2n) is 3.65. The largest absolute Gasteiger partial charge is 0.351 e. The number of hydrogen-bond donors (Lipinski definition) is 2. The van der Waals surface area contributed by atoms with Crippen LogP contribution in [-0.2, 0) is 16.1 Å². The van der Waals surface area contributed by atoms with Gasteiger partial charge in [0.05, 0.1) is 6.42 Å². The van der Waals surface area contributed by atoms with Gasteiger partial charge in [0.15, 0.2) is 0 Å². The zero-order valence-electron chi connectivity index (χ0n) is 9.22. The van der Waals surface area contributed by atoms with Crippen LogP contribution in [0.1, 0.15) is 12.8 Å². The maximum atomic E-state index is 11.5. The fourth-order valence-corrected chi connectivity index (χ4v) is 1.47. The highest BCUT2D eigenvalue weighted by atomic mass is 16.2. The molecule has 2 amide bonds. The Morgan fingerprint density at radius 2 is 2.47 bits per heavy atom. The Labute approximate surface area is 97.9 Å². The molecule has 0 saturated heterocycles. The van der Waals surface area contributed by atoms with E-state index in [2.05, 4.69) is 20.9 Å². The molecule has 0 unspecified atom stereocenters. The van der Waals surface area contributed by atoms with Crippen LogP contribution in [0.2, 0.25) is 0 Å². The third-order valence-corrected chi connectivity index (χ3v) is 2.31. The number of carbonyl (C=O) groups excluding carboxylic acids is 2. The lowest BCUT2D eigenvalue weighted by molar-refractivity contribution is -0.120. The average molecular weight is 235 g/mol. The summed E-state index contributed by atoms with van der Waals surface area (Å²) in [7, 11) is 0. The SMILES string of the molecule is O=C1CC(C(=O)NCCCn2cccn2)=NN1. The summed E-state index contributed by atoms with van der Waals surface area (Å²) in [4.78, 5) is 22.3. The molecule has 7 nitrogen and oxygen atoms in total. The number of amides is 2. The van der Waals surface area contributed by atoms with E-state index in [4.69, 9.17) is 0 Å². The van der Waals surface area contributed by atoms with Gasteiger partial charge in [-0.05, 0) is 12.5 Å². The highest BCUT2D eigenvalue weighted by Crippen LogP contribution is 1.95. The summed E-state index contributed by atoms with van der Waals surface area (Å²) in [6.07, 6.45) is 4.42. The molecule has 2 N–H and O–H groups in total. The number of hydrazone groups is 1. The number of hydrogen-bond acceptors (Lipinski definition) is 4. The second kappa shape index (κ2) is 5.24. The van der Waals surface area contributed by atoms with E-state index in [0.717, 1.165) is 13.0 Å². The van der Waals surface area contributed by atoms with Crippen molar-refractivity contribution in [2.24, 2.45) is 5.10 Å². The lowest BCUT2D eigenvalue weighted by atomic mass is 10.2. The Bertz CT molecular complexity index is 438. The zero-order chi connectivity index (χ0) is 12.1. The molecule has 2 heterocycles. The van der Waals surface area contributed by atoms with E-state index in [1.165, 1.54) is 0 Å². The Morgan fingerprint density at radius 1 is 1.59 bits per heavy atom. The summed E-state index contributed by atoms with van der Waals surface area (Å²) in [5.74, 6) is -0.532. The van der Waals surface area contributed by atoms with Crippen molar-refractivity contribution in [3.05, 3.63) is 18.5 Å². The molecule has 0 aromatic carbocycles. The summed E-state index contributed by atoms with van der Waals surface area (Å²) in [6, 6.07) is 1.85. The average Bonchev–Trinajstić information content (AvgIpc) is 2.95. The van der Waals surface area contributed by atoms with E-state index in [1.54, 1.807) is 10.9 Å². The first-order valence-electron chi connectivity index (χ1n) is 5.37. The van der Waals surface area contributed by atoms with Crippen molar-refractivity contribution in [1.82, 2.24) is 20.5 Å². The minimum atomic E-state index is -0.288. The summed E-state index contributed by atoms with van der Waals surface area (Å²) in [5.41, 5.74) is 2.48. The number of aromatic nitrogens is 2. The third kappa shape index (κ3) is 3.13. The molecule has 0 spiro atoms. The first-order valence-corrected chi connectivity index (χ1v) is 5.37. The summed E-state index contributed by atoms with van der Waals surface area (Å²) in [6.45, 7) is 1.28. The Morgan fingerprint density at radius 3 is 3.12 bits per heavy atom. The van der Waals surface area contributed by atoms with Crippen LogP contribution in [0.4, 0.5) is 0 Å². The molecule has 1 aromatic heterocycles. The maximum absolute atomic E-state index is 11.5. The van der Waals surface area contributed by atoms with E-state index >= 15 is 0 Å². The molecule has 0 saturated carbocycles. The molecule has 7 heteroatoms. The van der Waals surface area contributed by atoms with Crippen LogP contribution in [0.15, 0.2) is 23.6 Å². The van der Waals surface area contributed by atoms with Crippen LogP contribution in [-0.4, -0.2) is 33.9 Å². The minimum Gasteiger partial charge on any atom is -0.351 e. The van der Waals surface area contributed by atoms with Crippen molar-refractivity contribution in [2.75, 3.05) is 6.54 Å². The highest BCUT2D eigenvalue weighted by molar-refractivity contribution is 6.43. The zero-order valence-corrected chi connectivity index (χ0v) is 9.22. The molecule has 90 valence electrons. The third-order valence-electron chi connectivity index (χ3n) is 2.31. The van der Waals surface area contributed by atoms with Gasteiger partial charge in [-0.3, -0.25) is 14.3 Å². The number of aryl methyl sites for hydroxylation is 1. The number of carbonyl (C=O) groups is 2. The molecular formula is C10H13N5O2. The van der Waals surface area contributed by atoms with Crippen molar-refractivity contribution in [3.63, 3.8) is 0 Å². The molecule has 1 aromatic rings. The van der Waals surface area contributed by atoms with E-state index in [-0.39, 0.29) is 23.9 Å². The van der Waals surface area contributed by atoms with Crippen molar-refractivity contribution in [3.8, 4) is 0 Å². The predicted molar refractivity (Wildman–Crippen MR) is 60.0 cm³/mol. The molecule has 1 aliphatic heterocycles. The highest BCUT2D eigenvalue weighted by Gasteiger charge is 2.20. The molecule has 0 radical (unpaired) electrons. The smallest absolute Gasteiger partial charge is 0.268 e. The van der Waals surface area contributed by atoms with Crippen LogP contribution >= 0.6 is 0 Å². The standard InChI is InChI=1S/C10H13N5O2/c16-9-7-8(13-14-9)10(17)11-3-1-5-15-6-2-4-12-15/h2,4,6H,1,3,5,7H2,(H,11,17)(H,14,16). The van der Waals surface area contributed by atoms with Gasteiger partial charge in [0.1, 0.15) is 5.71 Å². The first-order chi connectivity index (χ1) is 8.25. The molecular weight excluding hydrogens is 222 g/mol. The first kappa shape index (κ1) is 11.3. The van der Waals surface area contributed by atoms with Crippen molar-refractivity contribution >= 4 is 17.5 Å². The Hall–Kier alpha value is -2.18. The topological polar surface area (TPSA) is 88.4 Å². The van der Waals surface area contributed by atoms with Gasteiger partial charge in [0, 0.05) is 25.5 Å². The lowest BCUT2D eigenvalue weighted by Gasteiger charge is -2.04. The van der Waals surface area contributed by atoms with E-state index in [0.29, 0.717) is 6.54 Å². The van der Waals surface area contributed by atoms with Gasteiger partial charge in [0.2, 0.25) is 5.91 Å². The minimum absolute atomic E-state index is 0.0605. The molecule has 0 aliphatic carbocycles. The van der Waals surface area contributed by atoms with Crippen molar-refractivity contribution in [1.29, 1.82) is 0 Å². The van der Waals surface area contributed by atoms with E-state index < -0.39 is 0 Å². The number of nitrogens with one attached hydrogen (secondary N) is 2. The normalized spacial score (nSPS) is 14.4. The molecule has 0 fully saturated rings. The maximum Gasteiger partial charge on any atom is 0.268 e. The van der Waals surface area contributed by atoms with Crippen LogP contribution in [0.25, 0.3) is 0 Å². The number of nitrogens with zero attached hydrogens (tertiary/aromatic N) is 3. The van der Waals surface area contributed by atoms with Crippen LogP contribution in [0.3, 0.4) is 0 Å². The fraction of sp³-hybridized carbons (Fsp3) is 0.400. The molecule has 0 bridgehead atoms.